The lowest BCUT2D eigenvalue weighted by Gasteiger charge is -2.29. The van der Waals surface area contributed by atoms with Gasteiger partial charge in [-0.2, -0.15) is 0 Å². The van der Waals surface area contributed by atoms with E-state index in [0.717, 1.165) is 17.8 Å². The van der Waals surface area contributed by atoms with Crippen LogP contribution in [0.25, 0.3) is 55.3 Å². The fraction of sp³-hybridized carbons (Fsp3) is 0.0800. The van der Waals surface area contributed by atoms with Crippen molar-refractivity contribution in [3.05, 3.63) is 194 Å². The number of halogens is 2. The number of fused-ring (bicyclic) bond motifs is 5. The monoisotopic (exact) mass is 918 g/mol. The van der Waals surface area contributed by atoms with Gasteiger partial charge in [0, 0.05) is 40.4 Å². The summed E-state index contributed by atoms with van der Waals surface area (Å²) in [5.41, 5.74) is 17.7. The summed E-state index contributed by atoms with van der Waals surface area (Å²) < 4.78 is 4.88. The van der Waals surface area contributed by atoms with Crippen LogP contribution < -0.4 is 4.90 Å². The number of nitrogens with zero attached hydrogens (tertiary/aromatic N) is 2. The van der Waals surface area contributed by atoms with Gasteiger partial charge in [0.15, 0.2) is 0 Å². The molecule has 1 heterocycles. The molecule has 0 N–H and O–H groups in total. The van der Waals surface area contributed by atoms with E-state index in [2.05, 4.69) is 238 Å². The van der Waals surface area contributed by atoms with Crippen LogP contribution in [-0.2, 0) is 5.41 Å². The van der Waals surface area contributed by atoms with E-state index in [-0.39, 0.29) is 5.41 Å². The normalized spacial score (nSPS) is 14.2. The maximum atomic E-state index is 2.46. The van der Waals surface area contributed by atoms with Crippen LogP contribution in [0, 0.1) is 7.14 Å². The van der Waals surface area contributed by atoms with Gasteiger partial charge >= 0.3 is 0 Å². The average Bonchev–Trinajstić information content (AvgIpc) is 3.89. The predicted octanol–water partition coefficient (Wildman–Crippen LogP) is 14.8. The van der Waals surface area contributed by atoms with Crippen LogP contribution in [-0.4, -0.2) is 4.57 Å². The highest BCUT2D eigenvalue weighted by Crippen LogP contribution is 2.52. The van der Waals surface area contributed by atoms with Crippen LogP contribution in [0.15, 0.2) is 175 Å². The Bertz CT molecular complexity index is 2820. The van der Waals surface area contributed by atoms with Gasteiger partial charge in [-0.25, -0.2) is 0 Å². The quantitative estimate of drug-likeness (QED) is 0.151. The van der Waals surface area contributed by atoms with Crippen molar-refractivity contribution in [2.45, 2.75) is 25.7 Å². The molecule has 0 amide bonds. The van der Waals surface area contributed by atoms with Crippen LogP contribution in [0.2, 0.25) is 0 Å². The number of anilines is 3. The first kappa shape index (κ1) is 33.6. The summed E-state index contributed by atoms with van der Waals surface area (Å²) in [6.07, 6.45) is 5.67. The van der Waals surface area contributed by atoms with E-state index in [1.165, 1.54) is 84.8 Å². The summed E-state index contributed by atoms with van der Waals surface area (Å²) in [6, 6.07) is 58.2. The van der Waals surface area contributed by atoms with Gasteiger partial charge in [0.2, 0.25) is 0 Å². The molecule has 0 saturated carbocycles. The Balaban J connectivity index is 1.06. The second kappa shape index (κ2) is 13.1. The number of para-hydroxylation sites is 1. The van der Waals surface area contributed by atoms with Gasteiger partial charge in [0.05, 0.1) is 16.7 Å². The van der Waals surface area contributed by atoms with Gasteiger partial charge in [-0.05, 0) is 169 Å². The van der Waals surface area contributed by atoms with Crippen molar-refractivity contribution in [1.29, 1.82) is 0 Å². The van der Waals surface area contributed by atoms with Crippen molar-refractivity contribution < 1.29 is 0 Å². The molecular formula is C50H36I2N2. The molecule has 7 aromatic carbocycles. The van der Waals surface area contributed by atoms with Crippen LogP contribution in [0.4, 0.5) is 17.1 Å². The number of hydrogen-bond acceptors (Lipinski definition) is 1. The minimum Gasteiger partial charge on any atom is -0.310 e. The van der Waals surface area contributed by atoms with Crippen LogP contribution in [0.5, 0.6) is 0 Å². The van der Waals surface area contributed by atoms with Crippen molar-refractivity contribution in [3.63, 3.8) is 0 Å². The largest absolute Gasteiger partial charge is 0.310 e. The van der Waals surface area contributed by atoms with Gasteiger partial charge in [0.1, 0.15) is 0 Å². The average molecular weight is 919 g/mol. The SMILES string of the molecule is CC1(C)C2=C(C=CC2)c2ccc(N(c3ccc(-c4ccccc4)cc3)c3ccc(-c4ccc5c(c4)c4ccccc4n5-c4cc(I)ccc4I)cc3)cc21. The van der Waals surface area contributed by atoms with Gasteiger partial charge in [0.25, 0.3) is 0 Å². The first-order valence-corrected chi connectivity index (χ1v) is 20.6. The molecule has 2 nitrogen and oxygen atoms in total. The van der Waals surface area contributed by atoms with Crippen LogP contribution >= 0.6 is 45.2 Å². The van der Waals surface area contributed by atoms with Crippen molar-refractivity contribution in [2.24, 2.45) is 0 Å². The Kier molecular flexibility index (Phi) is 8.18. The third-order valence-corrected chi connectivity index (χ3v) is 13.0. The molecule has 10 rings (SSSR count). The lowest BCUT2D eigenvalue weighted by atomic mass is 9.80. The number of rotatable bonds is 6. The fourth-order valence-corrected chi connectivity index (χ4v) is 9.74. The number of hydrogen-bond donors (Lipinski definition) is 0. The zero-order valence-electron chi connectivity index (χ0n) is 30.0. The van der Waals surface area contributed by atoms with E-state index in [9.17, 15) is 0 Å². The molecule has 0 atom stereocenters. The lowest BCUT2D eigenvalue weighted by molar-refractivity contribution is 0.627. The molecule has 1 aromatic heterocycles. The number of benzene rings is 7. The Hall–Kier alpha value is -4.92. The molecule has 260 valence electrons. The van der Waals surface area contributed by atoms with E-state index in [1.807, 2.05) is 0 Å². The Morgan fingerprint density at radius 1 is 0.556 bits per heavy atom. The molecule has 0 unspecified atom stereocenters. The maximum Gasteiger partial charge on any atom is 0.0606 e. The second-order valence-corrected chi connectivity index (χ2v) is 17.2. The molecular weight excluding hydrogens is 882 g/mol. The topological polar surface area (TPSA) is 8.17 Å². The van der Waals surface area contributed by atoms with Crippen molar-refractivity contribution in [2.75, 3.05) is 4.90 Å². The Morgan fingerprint density at radius 2 is 1.19 bits per heavy atom. The molecule has 8 aromatic rings. The smallest absolute Gasteiger partial charge is 0.0606 e. The van der Waals surface area contributed by atoms with Crippen molar-refractivity contribution in [1.82, 2.24) is 4.57 Å². The third kappa shape index (κ3) is 5.48. The molecule has 54 heavy (non-hydrogen) atoms. The first-order chi connectivity index (χ1) is 26.3. The molecule has 0 fully saturated rings. The van der Waals surface area contributed by atoms with Gasteiger partial charge < -0.3 is 9.47 Å². The number of aromatic nitrogens is 1. The summed E-state index contributed by atoms with van der Waals surface area (Å²) >= 11 is 4.88. The van der Waals surface area contributed by atoms with E-state index in [1.54, 1.807) is 0 Å². The molecule has 0 spiro atoms. The zero-order valence-corrected chi connectivity index (χ0v) is 34.3. The molecule has 2 aliphatic carbocycles. The highest BCUT2D eigenvalue weighted by Gasteiger charge is 2.38. The predicted molar refractivity (Wildman–Crippen MR) is 245 cm³/mol. The Labute approximate surface area is 343 Å². The summed E-state index contributed by atoms with van der Waals surface area (Å²) in [6.45, 7) is 4.77. The van der Waals surface area contributed by atoms with E-state index in [0.29, 0.717) is 0 Å². The van der Waals surface area contributed by atoms with Gasteiger partial charge in [-0.3, -0.25) is 0 Å². The van der Waals surface area contributed by atoms with E-state index < -0.39 is 0 Å². The molecule has 2 aliphatic rings. The molecule has 0 aliphatic heterocycles. The Morgan fingerprint density at radius 3 is 1.94 bits per heavy atom. The fourth-order valence-electron chi connectivity index (χ4n) is 8.69. The zero-order chi connectivity index (χ0) is 36.6. The highest BCUT2D eigenvalue weighted by atomic mass is 127. The summed E-state index contributed by atoms with van der Waals surface area (Å²) in [4.78, 5) is 2.41. The lowest BCUT2D eigenvalue weighted by Crippen LogP contribution is -2.18. The molecule has 0 bridgehead atoms. The second-order valence-electron chi connectivity index (χ2n) is 14.8. The maximum absolute atomic E-state index is 2.46. The van der Waals surface area contributed by atoms with Crippen molar-refractivity contribution >= 4 is 89.6 Å². The van der Waals surface area contributed by atoms with Gasteiger partial charge in [-0.15, -0.1) is 0 Å². The molecule has 4 heteroatoms. The standard InChI is InChI=1S/C50H36I2N2/c1-50(2)44-13-8-12-40(44)41-26-25-39(31-45(41)50)53(37-21-15-33(16-22-37)32-9-4-3-5-10-32)38-23-17-34(18-24-38)35-19-28-48-43(29-35)42-11-6-7-14-47(42)54(48)49-30-36(51)20-27-46(49)52/h3-12,14-31H,13H2,1-2H3. The molecule has 0 saturated heterocycles. The third-order valence-electron chi connectivity index (χ3n) is 11.4. The minimum absolute atomic E-state index is 0.00409. The summed E-state index contributed by atoms with van der Waals surface area (Å²) in [7, 11) is 0. The first-order valence-electron chi connectivity index (χ1n) is 18.4. The molecule has 0 radical (unpaired) electrons. The van der Waals surface area contributed by atoms with Crippen LogP contribution in [0.3, 0.4) is 0 Å². The number of allylic oxidation sites excluding steroid dienone is 4. The summed E-state index contributed by atoms with van der Waals surface area (Å²) in [5, 5.41) is 2.53. The van der Waals surface area contributed by atoms with E-state index >= 15 is 0 Å². The van der Waals surface area contributed by atoms with Crippen LogP contribution in [0.1, 0.15) is 31.4 Å². The van der Waals surface area contributed by atoms with E-state index in [4.69, 9.17) is 0 Å². The van der Waals surface area contributed by atoms with Gasteiger partial charge in [-0.1, -0.05) is 111 Å². The van der Waals surface area contributed by atoms with Crippen molar-refractivity contribution in [3.8, 4) is 27.9 Å². The minimum atomic E-state index is -0.00409. The highest BCUT2D eigenvalue weighted by molar-refractivity contribution is 14.1. The summed E-state index contributed by atoms with van der Waals surface area (Å²) in [5.74, 6) is 0.